The molecule has 2 rings (SSSR count). The van der Waals surface area contributed by atoms with Crippen molar-refractivity contribution in [1.82, 2.24) is 19.9 Å². The van der Waals surface area contributed by atoms with Gasteiger partial charge in [0.25, 0.3) is 0 Å². The summed E-state index contributed by atoms with van der Waals surface area (Å²) < 4.78 is 5.09. The molecule has 2 aromatic heterocycles. The number of hydrogen-bond acceptors (Lipinski definition) is 7. The highest BCUT2D eigenvalue weighted by Crippen LogP contribution is 2.26. The monoisotopic (exact) mass is 305 g/mol. The SMILES string of the molecule is CNc1cc(Sc2nc(C)c(C)c(C)n2)nc(COC)n1. The third-order valence-corrected chi connectivity index (χ3v) is 3.87. The number of nitrogens with zero attached hydrogens (tertiary/aromatic N) is 4. The van der Waals surface area contributed by atoms with Crippen LogP contribution in [0.5, 0.6) is 0 Å². The number of hydrogen-bond donors (Lipinski definition) is 1. The maximum atomic E-state index is 5.09. The molecule has 0 aliphatic carbocycles. The summed E-state index contributed by atoms with van der Waals surface area (Å²) in [6.07, 6.45) is 0. The van der Waals surface area contributed by atoms with Crippen molar-refractivity contribution in [2.75, 3.05) is 19.5 Å². The molecule has 21 heavy (non-hydrogen) atoms. The number of ether oxygens (including phenoxy) is 1. The van der Waals surface area contributed by atoms with Crippen molar-refractivity contribution in [3.63, 3.8) is 0 Å². The van der Waals surface area contributed by atoms with E-state index in [1.807, 2.05) is 33.9 Å². The first-order valence-corrected chi connectivity index (χ1v) is 7.39. The van der Waals surface area contributed by atoms with Crippen LogP contribution in [0.15, 0.2) is 16.2 Å². The Morgan fingerprint density at radius 3 is 2.33 bits per heavy atom. The summed E-state index contributed by atoms with van der Waals surface area (Å²) in [4.78, 5) is 17.8. The predicted molar refractivity (Wildman–Crippen MR) is 82.7 cm³/mol. The van der Waals surface area contributed by atoms with Crippen molar-refractivity contribution in [2.24, 2.45) is 0 Å². The van der Waals surface area contributed by atoms with E-state index in [0.717, 1.165) is 27.8 Å². The van der Waals surface area contributed by atoms with E-state index in [0.29, 0.717) is 17.6 Å². The lowest BCUT2D eigenvalue weighted by Gasteiger charge is -2.08. The van der Waals surface area contributed by atoms with Gasteiger partial charge >= 0.3 is 0 Å². The predicted octanol–water partition coefficient (Wildman–Crippen LogP) is 2.53. The van der Waals surface area contributed by atoms with Crippen molar-refractivity contribution in [3.05, 3.63) is 28.8 Å². The molecule has 0 aliphatic rings. The maximum absolute atomic E-state index is 5.09. The Morgan fingerprint density at radius 2 is 1.76 bits per heavy atom. The van der Waals surface area contributed by atoms with E-state index in [2.05, 4.69) is 25.3 Å². The van der Waals surface area contributed by atoms with Crippen molar-refractivity contribution in [2.45, 2.75) is 37.6 Å². The number of aryl methyl sites for hydroxylation is 2. The molecule has 0 radical (unpaired) electrons. The molecule has 0 bridgehead atoms. The first-order chi connectivity index (χ1) is 10.0. The van der Waals surface area contributed by atoms with Crippen LogP contribution in [-0.2, 0) is 11.3 Å². The summed E-state index contributed by atoms with van der Waals surface area (Å²) in [5.41, 5.74) is 3.10. The number of nitrogens with one attached hydrogen (secondary N) is 1. The van der Waals surface area contributed by atoms with Gasteiger partial charge in [-0.1, -0.05) is 0 Å². The van der Waals surface area contributed by atoms with E-state index in [4.69, 9.17) is 4.74 Å². The van der Waals surface area contributed by atoms with Crippen LogP contribution >= 0.6 is 11.8 Å². The number of methoxy groups -OCH3 is 1. The molecule has 0 aliphatic heterocycles. The Bertz CT molecular complexity index is 624. The maximum Gasteiger partial charge on any atom is 0.194 e. The Kier molecular flexibility index (Phi) is 5.08. The van der Waals surface area contributed by atoms with Gasteiger partial charge in [-0.25, -0.2) is 19.9 Å². The molecule has 0 amide bonds. The smallest absolute Gasteiger partial charge is 0.194 e. The fourth-order valence-corrected chi connectivity index (χ4v) is 2.60. The Morgan fingerprint density at radius 1 is 1.10 bits per heavy atom. The summed E-state index contributed by atoms with van der Waals surface area (Å²) in [5.74, 6) is 1.38. The summed E-state index contributed by atoms with van der Waals surface area (Å²) >= 11 is 1.43. The Balaban J connectivity index is 2.32. The molecule has 1 N–H and O–H groups in total. The van der Waals surface area contributed by atoms with Crippen LogP contribution in [0.1, 0.15) is 22.8 Å². The molecule has 112 valence electrons. The first-order valence-electron chi connectivity index (χ1n) is 6.57. The van der Waals surface area contributed by atoms with Crippen molar-refractivity contribution in [1.29, 1.82) is 0 Å². The van der Waals surface area contributed by atoms with Gasteiger partial charge < -0.3 is 10.1 Å². The van der Waals surface area contributed by atoms with E-state index in [1.54, 1.807) is 7.11 Å². The highest BCUT2D eigenvalue weighted by Gasteiger charge is 2.10. The van der Waals surface area contributed by atoms with Gasteiger partial charge in [0.15, 0.2) is 11.0 Å². The molecule has 0 saturated carbocycles. The second-order valence-electron chi connectivity index (χ2n) is 4.59. The molecule has 7 heteroatoms. The lowest BCUT2D eigenvalue weighted by molar-refractivity contribution is 0.177. The highest BCUT2D eigenvalue weighted by atomic mass is 32.2. The van der Waals surface area contributed by atoms with Crippen LogP contribution < -0.4 is 5.32 Å². The van der Waals surface area contributed by atoms with Gasteiger partial charge in [0, 0.05) is 31.6 Å². The van der Waals surface area contributed by atoms with Gasteiger partial charge in [-0.15, -0.1) is 0 Å². The van der Waals surface area contributed by atoms with Gasteiger partial charge in [-0.05, 0) is 38.1 Å². The molecular formula is C14H19N5OS. The molecule has 0 aromatic carbocycles. The van der Waals surface area contributed by atoms with Crippen LogP contribution in [-0.4, -0.2) is 34.1 Å². The van der Waals surface area contributed by atoms with Gasteiger partial charge in [0.1, 0.15) is 17.5 Å². The van der Waals surface area contributed by atoms with Crippen LogP contribution in [0.25, 0.3) is 0 Å². The quantitative estimate of drug-likeness (QED) is 0.672. The lowest BCUT2D eigenvalue weighted by atomic mass is 10.2. The van der Waals surface area contributed by atoms with Gasteiger partial charge in [-0.2, -0.15) is 0 Å². The van der Waals surface area contributed by atoms with E-state index >= 15 is 0 Å². The average molecular weight is 305 g/mol. The third kappa shape index (κ3) is 3.89. The zero-order chi connectivity index (χ0) is 15.4. The largest absolute Gasteiger partial charge is 0.377 e. The number of rotatable bonds is 5. The highest BCUT2D eigenvalue weighted by molar-refractivity contribution is 7.99. The molecule has 6 nitrogen and oxygen atoms in total. The third-order valence-electron chi connectivity index (χ3n) is 3.09. The van der Waals surface area contributed by atoms with Crippen molar-refractivity contribution >= 4 is 17.6 Å². The fraction of sp³-hybridized carbons (Fsp3) is 0.429. The minimum Gasteiger partial charge on any atom is -0.377 e. The van der Waals surface area contributed by atoms with Crippen molar-refractivity contribution in [3.8, 4) is 0 Å². The molecular weight excluding hydrogens is 286 g/mol. The molecule has 0 spiro atoms. The standard InChI is InChI=1S/C14H19N5OS/c1-8-9(2)16-14(17-10(8)3)21-13-6-11(15-4)18-12(19-13)7-20-5/h6H,7H2,1-5H3,(H,15,18,19). The minimum absolute atomic E-state index is 0.371. The van der Waals surface area contributed by atoms with E-state index in [1.165, 1.54) is 11.8 Å². The Labute approximate surface area is 128 Å². The van der Waals surface area contributed by atoms with Crippen LogP contribution in [0, 0.1) is 20.8 Å². The fourth-order valence-electron chi connectivity index (χ4n) is 1.73. The first kappa shape index (κ1) is 15.7. The molecule has 2 heterocycles. The second-order valence-corrected chi connectivity index (χ2v) is 5.58. The average Bonchev–Trinajstić information content (AvgIpc) is 2.44. The molecule has 0 saturated heterocycles. The van der Waals surface area contributed by atoms with Gasteiger partial charge in [0.05, 0.1) is 0 Å². The van der Waals surface area contributed by atoms with Crippen molar-refractivity contribution < 1.29 is 4.74 Å². The second kappa shape index (κ2) is 6.82. The normalized spacial score (nSPS) is 10.7. The summed E-state index contributed by atoms with van der Waals surface area (Å²) in [5, 5.41) is 4.51. The van der Waals surface area contributed by atoms with E-state index < -0.39 is 0 Å². The van der Waals surface area contributed by atoms with E-state index in [9.17, 15) is 0 Å². The summed E-state index contributed by atoms with van der Waals surface area (Å²) in [6, 6.07) is 1.87. The molecule has 0 atom stereocenters. The molecule has 0 unspecified atom stereocenters. The van der Waals surface area contributed by atoms with E-state index in [-0.39, 0.29) is 0 Å². The number of anilines is 1. The number of aromatic nitrogens is 4. The molecule has 0 fully saturated rings. The van der Waals surface area contributed by atoms with Crippen LogP contribution in [0.3, 0.4) is 0 Å². The summed E-state index contributed by atoms with van der Waals surface area (Å²) in [6.45, 7) is 6.38. The Hall–Kier alpha value is -1.73. The van der Waals surface area contributed by atoms with Crippen LogP contribution in [0.2, 0.25) is 0 Å². The zero-order valence-electron chi connectivity index (χ0n) is 12.9. The molecule has 2 aromatic rings. The minimum atomic E-state index is 0.371. The van der Waals surface area contributed by atoms with Gasteiger partial charge in [-0.3, -0.25) is 0 Å². The van der Waals surface area contributed by atoms with Crippen LogP contribution in [0.4, 0.5) is 5.82 Å². The zero-order valence-corrected chi connectivity index (χ0v) is 13.7. The van der Waals surface area contributed by atoms with Gasteiger partial charge in [0.2, 0.25) is 0 Å². The summed E-state index contributed by atoms with van der Waals surface area (Å²) in [7, 11) is 3.45. The topological polar surface area (TPSA) is 72.8 Å². The lowest BCUT2D eigenvalue weighted by Crippen LogP contribution is -2.03.